The first-order valence-electron chi connectivity index (χ1n) is 9.05. The number of hydrogen-bond acceptors (Lipinski definition) is 5. The Kier molecular flexibility index (Phi) is 5.85. The molecule has 0 spiro atoms. The summed E-state index contributed by atoms with van der Waals surface area (Å²) in [5.74, 6) is 2.39. The minimum Gasteiger partial charge on any atom is -0.493 e. The molecule has 1 aromatic heterocycles. The molecule has 8 nitrogen and oxygen atoms in total. The molecule has 0 aliphatic carbocycles. The van der Waals surface area contributed by atoms with Crippen molar-refractivity contribution in [2.45, 2.75) is 19.9 Å². The summed E-state index contributed by atoms with van der Waals surface area (Å²) >= 11 is 0. The van der Waals surface area contributed by atoms with E-state index >= 15 is 0 Å². The fourth-order valence-electron chi connectivity index (χ4n) is 3.32. The number of methoxy groups -OCH3 is 2. The minimum absolute atomic E-state index is 0.112. The van der Waals surface area contributed by atoms with E-state index < -0.39 is 0 Å². The molecule has 0 unspecified atom stereocenters. The number of carbonyl (C=O) groups is 1. The maximum Gasteiger partial charge on any atom is 0.323 e. The van der Waals surface area contributed by atoms with Crippen molar-refractivity contribution in [3.63, 3.8) is 0 Å². The van der Waals surface area contributed by atoms with Gasteiger partial charge in [0, 0.05) is 19.2 Å². The number of urea groups is 1. The molecule has 1 aliphatic rings. The van der Waals surface area contributed by atoms with Crippen LogP contribution in [0.25, 0.3) is 0 Å². The normalized spacial score (nSPS) is 16.4. The number of nitrogens with zero attached hydrogens (tertiary/aromatic N) is 3. The Morgan fingerprint density at radius 1 is 1.30 bits per heavy atom. The molecule has 3 rings (SSSR count). The number of rotatable bonds is 6. The highest BCUT2D eigenvalue weighted by Crippen LogP contribution is 2.28. The molecule has 2 heterocycles. The zero-order chi connectivity index (χ0) is 19.4. The fraction of sp³-hybridized carbons (Fsp3) is 0.474. The van der Waals surface area contributed by atoms with E-state index in [4.69, 9.17) is 15.2 Å². The summed E-state index contributed by atoms with van der Waals surface area (Å²) in [7, 11) is 3.21. The molecule has 0 bridgehead atoms. The fourth-order valence-corrected chi connectivity index (χ4v) is 3.32. The molecule has 1 atom stereocenters. The number of aryl methyl sites for hydroxylation is 1. The first-order chi connectivity index (χ1) is 13.0. The molecular formula is C19H27N5O3. The molecule has 1 saturated heterocycles. The highest BCUT2D eigenvalue weighted by atomic mass is 16.5. The monoisotopic (exact) mass is 373 g/mol. The Labute approximate surface area is 159 Å². The van der Waals surface area contributed by atoms with E-state index in [-0.39, 0.29) is 6.03 Å². The van der Waals surface area contributed by atoms with E-state index in [1.54, 1.807) is 23.8 Å². The van der Waals surface area contributed by atoms with Crippen molar-refractivity contribution < 1.29 is 14.3 Å². The zero-order valence-electron chi connectivity index (χ0n) is 16.1. The van der Waals surface area contributed by atoms with Gasteiger partial charge < -0.3 is 20.1 Å². The molecule has 146 valence electrons. The van der Waals surface area contributed by atoms with Gasteiger partial charge in [-0.05, 0) is 43.5 Å². The van der Waals surface area contributed by atoms with Crippen molar-refractivity contribution >= 4 is 11.8 Å². The van der Waals surface area contributed by atoms with Gasteiger partial charge in [-0.3, -0.25) is 5.32 Å². The first kappa shape index (κ1) is 19.0. The Bertz CT molecular complexity index is 805. The molecule has 1 aromatic carbocycles. The SMILES string of the molecule is COc1ccc(Cn2nc(C)cc2NC(=O)N2CC[C@H](CN)C2)cc1OC. The third-order valence-electron chi connectivity index (χ3n) is 4.82. The average molecular weight is 373 g/mol. The van der Waals surface area contributed by atoms with E-state index in [1.807, 2.05) is 31.2 Å². The maximum absolute atomic E-state index is 12.6. The number of amides is 2. The Hall–Kier alpha value is -2.74. The molecular weight excluding hydrogens is 346 g/mol. The lowest BCUT2D eigenvalue weighted by atomic mass is 10.1. The summed E-state index contributed by atoms with van der Waals surface area (Å²) in [4.78, 5) is 14.4. The topological polar surface area (TPSA) is 94.6 Å². The lowest BCUT2D eigenvalue weighted by Gasteiger charge is -2.18. The molecule has 8 heteroatoms. The molecule has 0 radical (unpaired) electrons. The summed E-state index contributed by atoms with van der Waals surface area (Å²) < 4.78 is 12.4. The number of carbonyl (C=O) groups excluding carboxylic acids is 1. The number of hydrogen-bond donors (Lipinski definition) is 2. The second-order valence-electron chi connectivity index (χ2n) is 6.78. The van der Waals surface area contributed by atoms with Crippen molar-refractivity contribution in [2.24, 2.45) is 11.7 Å². The zero-order valence-corrected chi connectivity index (χ0v) is 16.1. The molecule has 27 heavy (non-hydrogen) atoms. The van der Waals surface area contributed by atoms with Crippen LogP contribution < -0.4 is 20.5 Å². The van der Waals surface area contributed by atoms with Gasteiger partial charge in [-0.25, -0.2) is 9.48 Å². The van der Waals surface area contributed by atoms with Gasteiger partial charge in [-0.15, -0.1) is 0 Å². The Morgan fingerprint density at radius 2 is 2.07 bits per heavy atom. The molecule has 2 amide bonds. The van der Waals surface area contributed by atoms with Crippen LogP contribution in [0.15, 0.2) is 24.3 Å². The van der Waals surface area contributed by atoms with Gasteiger partial charge in [-0.1, -0.05) is 6.07 Å². The van der Waals surface area contributed by atoms with Crippen LogP contribution in [0.4, 0.5) is 10.6 Å². The summed E-state index contributed by atoms with van der Waals surface area (Å²) in [6.07, 6.45) is 0.952. The van der Waals surface area contributed by atoms with Crippen LogP contribution in [-0.2, 0) is 6.54 Å². The van der Waals surface area contributed by atoms with E-state index in [1.165, 1.54) is 0 Å². The molecule has 1 aliphatic heterocycles. The average Bonchev–Trinajstić information content (AvgIpc) is 3.28. The maximum atomic E-state index is 12.6. The van der Waals surface area contributed by atoms with Gasteiger partial charge in [0.05, 0.1) is 26.5 Å². The van der Waals surface area contributed by atoms with Gasteiger partial charge in [0.1, 0.15) is 5.82 Å². The van der Waals surface area contributed by atoms with Crippen molar-refractivity contribution in [3.8, 4) is 11.5 Å². The number of benzene rings is 1. The summed E-state index contributed by atoms with van der Waals surface area (Å²) in [5, 5.41) is 7.49. The van der Waals surface area contributed by atoms with Gasteiger partial charge >= 0.3 is 6.03 Å². The third kappa shape index (κ3) is 4.33. The number of likely N-dealkylation sites (tertiary alicyclic amines) is 1. The van der Waals surface area contributed by atoms with Crippen LogP contribution in [0, 0.1) is 12.8 Å². The van der Waals surface area contributed by atoms with Crippen molar-refractivity contribution in [2.75, 3.05) is 39.2 Å². The predicted octanol–water partition coefficient (Wildman–Crippen LogP) is 2.07. The highest BCUT2D eigenvalue weighted by molar-refractivity contribution is 5.88. The minimum atomic E-state index is -0.112. The summed E-state index contributed by atoms with van der Waals surface area (Å²) in [6.45, 7) is 4.46. The number of nitrogens with one attached hydrogen (secondary N) is 1. The third-order valence-corrected chi connectivity index (χ3v) is 4.82. The largest absolute Gasteiger partial charge is 0.493 e. The van der Waals surface area contributed by atoms with Crippen molar-refractivity contribution in [3.05, 3.63) is 35.5 Å². The smallest absolute Gasteiger partial charge is 0.323 e. The van der Waals surface area contributed by atoms with Crippen LogP contribution >= 0.6 is 0 Å². The Balaban J connectivity index is 1.73. The lowest BCUT2D eigenvalue weighted by molar-refractivity contribution is 0.220. The summed E-state index contributed by atoms with van der Waals surface area (Å²) in [6, 6.07) is 7.48. The van der Waals surface area contributed by atoms with Gasteiger partial charge in [-0.2, -0.15) is 5.10 Å². The molecule has 0 saturated carbocycles. The number of aromatic nitrogens is 2. The summed E-state index contributed by atoms with van der Waals surface area (Å²) in [5.41, 5.74) is 7.55. The van der Waals surface area contributed by atoms with Gasteiger partial charge in [0.2, 0.25) is 0 Å². The van der Waals surface area contributed by atoms with E-state index in [0.29, 0.717) is 42.9 Å². The number of ether oxygens (including phenoxy) is 2. The number of anilines is 1. The molecule has 2 aromatic rings. The quantitative estimate of drug-likeness (QED) is 0.808. The van der Waals surface area contributed by atoms with Gasteiger partial charge in [0.15, 0.2) is 11.5 Å². The second kappa shape index (κ2) is 8.30. The predicted molar refractivity (Wildman–Crippen MR) is 103 cm³/mol. The molecule has 1 fully saturated rings. The molecule has 3 N–H and O–H groups in total. The van der Waals surface area contributed by atoms with Crippen LogP contribution in [0.2, 0.25) is 0 Å². The Morgan fingerprint density at radius 3 is 2.74 bits per heavy atom. The number of nitrogens with two attached hydrogens (primary N) is 1. The van der Waals surface area contributed by atoms with Crippen molar-refractivity contribution in [1.82, 2.24) is 14.7 Å². The van der Waals surface area contributed by atoms with Crippen molar-refractivity contribution in [1.29, 1.82) is 0 Å². The van der Waals surface area contributed by atoms with E-state index in [2.05, 4.69) is 10.4 Å². The van der Waals surface area contributed by atoms with E-state index in [9.17, 15) is 4.79 Å². The standard InChI is InChI=1S/C19H27N5O3/c1-13-8-18(21-19(25)23-7-6-15(10-20)11-23)24(22-13)12-14-4-5-16(26-2)17(9-14)27-3/h4-5,8-9,15H,6-7,10-12,20H2,1-3H3,(H,21,25)/t15-/m1/s1. The van der Waals surface area contributed by atoms with Crippen LogP contribution in [0.3, 0.4) is 0 Å². The van der Waals surface area contributed by atoms with Crippen LogP contribution in [-0.4, -0.2) is 54.6 Å². The highest BCUT2D eigenvalue weighted by Gasteiger charge is 2.26. The van der Waals surface area contributed by atoms with Crippen LogP contribution in [0.5, 0.6) is 11.5 Å². The van der Waals surface area contributed by atoms with Crippen LogP contribution in [0.1, 0.15) is 17.7 Å². The lowest BCUT2D eigenvalue weighted by Crippen LogP contribution is -2.34. The second-order valence-corrected chi connectivity index (χ2v) is 6.78. The first-order valence-corrected chi connectivity index (χ1v) is 9.05. The van der Waals surface area contributed by atoms with E-state index in [0.717, 1.165) is 24.2 Å². The van der Waals surface area contributed by atoms with Gasteiger partial charge in [0.25, 0.3) is 0 Å².